The van der Waals surface area contributed by atoms with Crippen molar-refractivity contribution >= 4 is 58.0 Å². The van der Waals surface area contributed by atoms with E-state index in [2.05, 4.69) is 22.1 Å². The number of nitrogens with one attached hydrogen (secondary N) is 2. The van der Waals surface area contributed by atoms with E-state index in [1.54, 1.807) is 0 Å². The third kappa shape index (κ3) is 3.37. The maximum absolute atomic E-state index is 6.87. The number of nitrogens with zero attached hydrogens (tertiary/aromatic N) is 2. The first-order valence-corrected chi connectivity index (χ1v) is 10.4. The van der Waals surface area contributed by atoms with Gasteiger partial charge in [0.05, 0.1) is 38.8 Å². The van der Waals surface area contributed by atoms with Crippen molar-refractivity contribution in [1.29, 1.82) is 0 Å². The van der Waals surface area contributed by atoms with E-state index >= 15 is 0 Å². The summed E-state index contributed by atoms with van der Waals surface area (Å²) in [5.41, 5.74) is 9.23. The maximum atomic E-state index is 6.87. The van der Waals surface area contributed by atoms with Crippen LogP contribution in [-0.4, -0.2) is 19.9 Å². The first-order chi connectivity index (χ1) is 15.2. The highest BCUT2D eigenvalue weighted by molar-refractivity contribution is 6.38. The second-order valence-corrected chi connectivity index (χ2v) is 7.92. The van der Waals surface area contributed by atoms with Crippen LogP contribution < -0.4 is 0 Å². The molecule has 5 heterocycles. The van der Waals surface area contributed by atoms with Gasteiger partial charge >= 0.3 is 0 Å². The fourth-order valence-electron chi connectivity index (χ4n) is 3.93. The van der Waals surface area contributed by atoms with Gasteiger partial charge in [0, 0.05) is 16.6 Å². The molecule has 148 valence electrons. The van der Waals surface area contributed by atoms with E-state index in [1.165, 1.54) is 0 Å². The van der Waals surface area contributed by atoms with Crippen LogP contribution in [0.3, 0.4) is 0 Å². The highest BCUT2D eigenvalue weighted by Gasteiger charge is 2.12. The standard InChI is InChI=1S/C26H17ClN4/c27-26-24-15-22-11-9-20(30-22)13-18-7-6-17(28-18)12-19-8-10-21(29-19)14-23(31-24)25(26)16-4-2-1-3-5-16/h1-15,28,31H. The van der Waals surface area contributed by atoms with Gasteiger partial charge in [0.2, 0.25) is 0 Å². The topological polar surface area (TPSA) is 57.4 Å². The van der Waals surface area contributed by atoms with Crippen LogP contribution in [0, 0.1) is 0 Å². The molecule has 0 aliphatic carbocycles. The molecule has 0 spiro atoms. The average molecular weight is 421 g/mol. The summed E-state index contributed by atoms with van der Waals surface area (Å²) >= 11 is 6.87. The lowest BCUT2D eigenvalue weighted by atomic mass is 10.1. The number of benzene rings is 1. The molecule has 4 nitrogen and oxygen atoms in total. The number of H-pyrrole nitrogens is 2. The fraction of sp³-hybridized carbons (Fsp3) is 0. The number of hydrogen-bond donors (Lipinski definition) is 2. The molecular weight excluding hydrogens is 404 g/mol. The lowest BCUT2D eigenvalue weighted by Gasteiger charge is -1.99. The Hall–Kier alpha value is -3.89. The largest absolute Gasteiger partial charge is 0.355 e. The maximum Gasteiger partial charge on any atom is 0.0740 e. The van der Waals surface area contributed by atoms with E-state index in [0.717, 1.165) is 56.0 Å². The average Bonchev–Trinajstić information content (AvgIpc) is 3.55. The van der Waals surface area contributed by atoms with Gasteiger partial charge in [0.1, 0.15) is 0 Å². The van der Waals surface area contributed by atoms with Crippen molar-refractivity contribution in [1.82, 2.24) is 19.9 Å². The van der Waals surface area contributed by atoms with Crippen molar-refractivity contribution < 1.29 is 0 Å². The molecule has 0 atom stereocenters. The Kier molecular flexibility index (Phi) is 4.11. The second-order valence-electron chi connectivity index (χ2n) is 7.54. The van der Waals surface area contributed by atoms with Crippen molar-refractivity contribution in [3.05, 3.63) is 94.5 Å². The molecule has 0 fully saturated rings. The zero-order valence-electron chi connectivity index (χ0n) is 16.4. The van der Waals surface area contributed by atoms with Crippen LogP contribution in [0.1, 0.15) is 22.8 Å². The SMILES string of the molecule is Clc1c(-c2ccccc2)c2cc3nc(cc4ccc(cc5nc(cc1[nH]2)C=C5)[nH]4)C=C3. The normalized spacial score (nSPS) is 12.4. The number of hydrogen-bond acceptors (Lipinski definition) is 2. The summed E-state index contributed by atoms with van der Waals surface area (Å²) in [4.78, 5) is 16.3. The van der Waals surface area contributed by atoms with Crippen LogP contribution in [0.5, 0.6) is 0 Å². The number of halogens is 1. The van der Waals surface area contributed by atoms with E-state index < -0.39 is 0 Å². The van der Waals surface area contributed by atoms with Gasteiger partial charge in [-0.3, -0.25) is 0 Å². The summed E-state index contributed by atoms with van der Waals surface area (Å²) in [5.74, 6) is 0. The Morgan fingerprint density at radius 1 is 0.581 bits per heavy atom. The number of fused-ring (bicyclic) bond motifs is 8. The molecule has 0 amide bonds. The minimum absolute atomic E-state index is 0.669. The molecule has 2 N–H and O–H groups in total. The minimum Gasteiger partial charge on any atom is -0.355 e. The molecule has 5 heteroatoms. The summed E-state index contributed by atoms with van der Waals surface area (Å²) in [6.07, 6.45) is 8.02. The van der Waals surface area contributed by atoms with Gasteiger partial charge in [-0.1, -0.05) is 41.9 Å². The zero-order chi connectivity index (χ0) is 20.8. The van der Waals surface area contributed by atoms with Gasteiger partial charge in [-0.25, -0.2) is 9.97 Å². The molecule has 8 bridgehead atoms. The highest BCUT2D eigenvalue weighted by atomic mass is 35.5. The van der Waals surface area contributed by atoms with E-state index in [0.29, 0.717) is 5.02 Å². The Morgan fingerprint density at radius 2 is 1.13 bits per heavy atom. The van der Waals surface area contributed by atoms with Gasteiger partial charge < -0.3 is 9.97 Å². The van der Waals surface area contributed by atoms with Crippen LogP contribution in [0.25, 0.3) is 57.5 Å². The molecule has 1 aromatic carbocycles. The number of aromatic nitrogens is 4. The molecule has 0 saturated carbocycles. The molecule has 0 saturated heterocycles. The van der Waals surface area contributed by atoms with Gasteiger partial charge in [0.15, 0.2) is 0 Å². The first kappa shape index (κ1) is 17.9. The lowest BCUT2D eigenvalue weighted by Crippen LogP contribution is -1.77. The summed E-state index contributed by atoms with van der Waals surface area (Å²) in [6, 6.07) is 22.3. The van der Waals surface area contributed by atoms with Crippen molar-refractivity contribution in [3.8, 4) is 11.1 Å². The highest BCUT2D eigenvalue weighted by Crippen LogP contribution is 2.36. The zero-order valence-corrected chi connectivity index (χ0v) is 17.2. The number of aromatic amines is 2. The monoisotopic (exact) mass is 420 g/mol. The predicted molar refractivity (Wildman–Crippen MR) is 129 cm³/mol. The van der Waals surface area contributed by atoms with E-state index in [4.69, 9.17) is 21.6 Å². The van der Waals surface area contributed by atoms with Crippen molar-refractivity contribution in [2.45, 2.75) is 0 Å². The second kappa shape index (κ2) is 7.11. The molecule has 31 heavy (non-hydrogen) atoms. The third-order valence-electron chi connectivity index (χ3n) is 5.35. The van der Waals surface area contributed by atoms with Gasteiger partial charge in [-0.2, -0.15) is 0 Å². The van der Waals surface area contributed by atoms with Crippen molar-refractivity contribution in [2.24, 2.45) is 0 Å². The van der Waals surface area contributed by atoms with Crippen LogP contribution in [0.4, 0.5) is 0 Å². The molecule has 0 unspecified atom stereocenters. The third-order valence-corrected chi connectivity index (χ3v) is 5.74. The van der Waals surface area contributed by atoms with E-state index in [1.807, 2.05) is 78.9 Å². The van der Waals surface area contributed by atoms with Gasteiger partial charge in [-0.15, -0.1) is 0 Å². The Morgan fingerprint density at radius 3 is 1.74 bits per heavy atom. The first-order valence-electron chi connectivity index (χ1n) is 10.0. The van der Waals surface area contributed by atoms with Crippen molar-refractivity contribution in [2.75, 3.05) is 0 Å². The molecule has 3 aromatic heterocycles. The smallest absolute Gasteiger partial charge is 0.0740 e. The summed E-state index contributed by atoms with van der Waals surface area (Å²) in [7, 11) is 0. The van der Waals surface area contributed by atoms with E-state index in [-0.39, 0.29) is 0 Å². The Bertz CT molecular complexity index is 1540. The van der Waals surface area contributed by atoms with Crippen LogP contribution in [-0.2, 0) is 0 Å². The van der Waals surface area contributed by atoms with Gasteiger partial charge in [-0.05, 0) is 66.3 Å². The van der Waals surface area contributed by atoms with E-state index in [9.17, 15) is 0 Å². The van der Waals surface area contributed by atoms with Crippen LogP contribution in [0.2, 0.25) is 5.02 Å². The van der Waals surface area contributed by atoms with Gasteiger partial charge in [0.25, 0.3) is 0 Å². The molecule has 2 aliphatic rings. The molecule has 4 aromatic rings. The van der Waals surface area contributed by atoms with Crippen LogP contribution in [0.15, 0.2) is 66.7 Å². The van der Waals surface area contributed by atoms with Crippen molar-refractivity contribution in [3.63, 3.8) is 0 Å². The quantitative estimate of drug-likeness (QED) is 0.301. The Balaban J connectivity index is 1.72. The molecule has 0 radical (unpaired) electrons. The minimum atomic E-state index is 0.669. The summed E-state index contributed by atoms with van der Waals surface area (Å²) in [6.45, 7) is 0. The van der Waals surface area contributed by atoms with Crippen LogP contribution >= 0.6 is 11.6 Å². The number of rotatable bonds is 1. The molecule has 6 rings (SSSR count). The molecular formula is C26H17ClN4. The summed E-state index contributed by atoms with van der Waals surface area (Å²) < 4.78 is 0. The predicted octanol–water partition coefficient (Wildman–Crippen LogP) is 6.98. The Labute approximate surface area is 183 Å². The lowest BCUT2D eigenvalue weighted by molar-refractivity contribution is 1.31. The summed E-state index contributed by atoms with van der Waals surface area (Å²) in [5, 5.41) is 0.669. The fourth-order valence-corrected chi connectivity index (χ4v) is 4.25. The molecule has 2 aliphatic heterocycles.